The number of anilines is 1. The molecule has 1 aliphatic carbocycles. The third-order valence-electron chi connectivity index (χ3n) is 7.66. The van der Waals surface area contributed by atoms with E-state index in [0.29, 0.717) is 6.54 Å². The normalized spacial score (nSPS) is 20.7. The number of fused-ring (bicyclic) bond motifs is 1. The number of hydrogen-bond donors (Lipinski definition) is 0. The van der Waals surface area contributed by atoms with Crippen LogP contribution in [0.4, 0.5) is 10.2 Å². The maximum Gasteiger partial charge on any atom is 0.232 e. The van der Waals surface area contributed by atoms with Gasteiger partial charge >= 0.3 is 0 Å². The van der Waals surface area contributed by atoms with Crippen LogP contribution in [0.15, 0.2) is 54.6 Å². The molecular weight excluding hydrogens is 441 g/mol. The second-order valence-electron chi connectivity index (χ2n) is 9.79. The highest BCUT2D eigenvalue weighted by molar-refractivity contribution is 6.01. The van der Waals surface area contributed by atoms with E-state index in [1.54, 1.807) is 17.0 Å². The molecule has 182 valence electrons. The van der Waals surface area contributed by atoms with Crippen LogP contribution in [0.25, 0.3) is 5.69 Å². The van der Waals surface area contributed by atoms with E-state index >= 15 is 0 Å². The summed E-state index contributed by atoms with van der Waals surface area (Å²) < 4.78 is 15.7. The summed E-state index contributed by atoms with van der Waals surface area (Å²) in [6.07, 6.45) is 5.35. The first-order valence-corrected chi connectivity index (χ1v) is 12.7. The summed E-state index contributed by atoms with van der Waals surface area (Å²) in [4.78, 5) is 29.2. The van der Waals surface area contributed by atoms with Gasteiger partial charge in [-0.15, -0.1) is 0 Å². The predicted molar refractivity (Wildman–Crippen MR) is 134 cm³/mol. The van der Waals surface area contributed by atoms with Crippen molar-refractivity contribution in [3.8, 4) is 5.69 Å². The van der Waals surface area contributed by atoms with Crippen molar-refractivity contribution < 1.29 is 14.0 Å². The van der Waals surface area contributed by atoms with E-state index < -0.39 is 5.92 Å². The molecule has 1 aliphatic heterocycles. The molecule has 0 radical (unpaired) electrons. The molecule has 1 aromatic heterocycles. The molecule has 5 rings (SSSR count). The van der Waals surface area contributed by atoms with E-state index in [1.807, 2.05) is 48.9 Å². The monoisotopic (exact) mass is 473 g/mol. The van der Waals surface area contributed by atoms with E-state index in [1.165, 1.54) is 18.6 Å². The summed E-state index contributed by atoms with van der Waals surface area (Å²) in [7, 11) is 0. The molecule has 3 aromatic rings. The zero-order chi connectivity index (χ0) is 24.5. The zero-order valence-electron chi connectivity index (χ0n) is 20.4. The van der Waals surface area contributed by atoms with Gasteiger partial charge in [0.1, 0.15) is 17.4 Å². The topological polar surface area (TPSA) is 55.2 Å². The van der Waals surface area contributed by atoms with Crippen molar-refractivity contribution in [2.75, 3.05) is 11.4 Å². The van der Waals surface area contributed by atoms with Gasteiger partial charge in [0.2, 0.25) is 5.91 Å². The third kappa shape index (κ3) is 4.30. The van der Waals surface area contributed by atoms with E-state index in [9.17, 15) is 14.0 Å². The van der Waals surface area contributed by atoms with Gasteiger partial charge in [-0.2, -0.15) is 5.10 Å². The Morgan fingerprint density at radius 1 is 1.03 bits per heavy atom. The standard InChI is InChI=1S/C29H32FN3O2/c1-3-32-28-26(19(2)31-33(28)23-12-8-5-9-13-23)27(21-14-16-22(30)17-15-21)24(29(32)35)18-25(34)20-10-6-4-7-11-20/h5,8-9,12-17,20,24,27H,3-4,6-7,10-11,18H2,1-2H3/t24-,27+/m0/s1. The van der Waals surface area contributed by atoms with Gasteiger partial charge in [0.25, 0.3) is 0 Å². The van der Waals surface area contributed by atoms with E-state index in [-0.39, 0.29) is 35.8 Å². The molecule has 0 unspecified atom stereocenters. The number of carbonyl (C=O) groups is 2. The van der Waals surface area contributed by atoms with E-state index in [0.717, 1.165) is 54.0 Å². The Kier molecular flexibility index (Phi) is 6.54. The quantitative estimate of drug-likeness (QED) is 0.443. The lowest BCUT2D eigenvalue weighted by molar-refractivity contribution is -0.131. The van der Waals surface area contributed by atoms with E-state index in [2.05, 4.69) is 0 Å². The summed E-state index contributed by atoms with van der Waals surface area (Å²) in [6, 6.07) is 16.1. The molecular formula is C29H32FN3O2. The number of hydrogen-bond acceptors (Lipinski definition) is 3. The molecule has 0 saturated heterocycles. The van der Waals surface area contributed by atoms with Crippen molar-refractivity contribution in [1.29, 1.82) is 0 Å². The summed E-state index contributed by atoms with van der Waals surface area (Å²) in [5.41, 5.74) is 3.48. The largest absolute Gasteiger partial charge is 0.299 e. The average molecular weight is 474 g/mol. The van der Waals surface area contributed by atoms with Crippen LogP contribution >= 0.6 is 0 Å². The molecule has 0 N–H and O–H groups in total. The molecule has 6 heteroatoms. The Morgan fingerprint density at radius 3 is 2.37 bits per heavy atom. The van der Waals surface area contributed by atoms with Crippen LogP contribution < -0.4 is 4.90 Å². The molecule has 5 nitrogen and oxygen atoms in total. The number of para-hydroxylation sites is 1. The zero-order valence-corrected chi connectivity index (χ0v) is 20.4. The first-order chi connectivity index (χ1) is 17.0. The van der Waals surface area contributed by atoms with Crippen molar-refractivity contribution >= 4 is 17.5 Å². The number of aryl methyl sites for hydroxylation is 1. The van der Waals surface area contributed by atoms with Gasteiger partial charge in [-0.05, 0) is 56.5 Å². The second kappa shape index (κ2) is 9.76. The lowest BCUT2D eigenvalue weighted by Crippen LogP contribution is -2.45. The average Bonchev–Trinajstić information content (AvgIpc) is 3.23. The van der Waals surface area contributed by atoms with Crippen molar-refractivity contribution in [3.05, 3.63) is 77.2 Å². The molecule has 1 saturated carbocycles. The molecule has 2 aromatic carbocycles. The highest BCUT2D eigenvalue weighted by atomic mass is 19.1. The van der Waals surface area contributed by atoms with Gasteiger partial charge in [0, 0.05) is 30.4 Å². The number of halogens is 1. The van der Waals surface area contributed by atoms with Crippen molar-refractivity contribution in [2.24, 2.45) is 11.8 Å². The van der Waals surface area contributed by atoms with Crippen LogP contribution in [0.2, 0.25) is 0 Å². The molecule has 1 amide bonds. The number of ketones is 1. The number of Topliss-reactive ketones (excluding diaryl/α,β-unsaturated/α-hetero) is 1. The summed E-state index contributed by atoms with van der Waals surface area (Å²) in [5.74, 6) is -0.302. The Bertz CT molecular complexity index is 1210. The number of carbonyl (C=O) groups excluding carboxylic acids is 2. The molecule has 0 bridgehead atoms. The molecule has 2 heterocycles. The molecule has 1 fully saturated rings. The smallest absolute Gasteiger partial charge is 0.232 e. The van der Waals surface area contributed by atoms with Gasteiger partial charge in [-0.25, -0.2) is 9.07 Å². The highest BCUT2D eigenvalue weighted by Crippen LogP contribution is 2.47. The molecule has 2 aliphatic rings. The van der Waals surface area contributed by atoms with Gasteiger partial charge in [0.05, 0.1) is 17.3 Å². The fourth-order valence-electron chi connectivity index (χ4n) is 5.94. The number of aromatic nitrogens is 2. The first-order valence-electron chi connectivity index (χ1n) is 12.7. The highest BCUT2D eigenvalue weighted by Gasteiger charge is 2.45. The van der Waals surface area contributed by atoms with Crippen molar-refractivity contribution in [1.82, 2.24) is 9.78 Å². The molecule has 35 heavy (non-hydrogen) atoms. The Morgan fingerprint density at radius 2 is 1.71 bits per heavy atom. The minimum absolute atomic E-state index is 0.0371. The van der Waals surface area contributed by atoms with Gasteiger partial charge in [-0.3, -0.25) is 14.5 Å². The van der Waals surface area contributed by atoms with Gasteiger partial charge < -0.3 is 0 Å². The minimum atomic E-state index is -0.533. The number of nitrogens with zero attached hydrogens (tertiary/aromatic N) is 3. The lowest BCUT2D eigenvalue weighted by Gasteiger charge is -2.38. The minimum Gasteiger partial charge on any atom is -0.299 e. The van der Waals surface area contributed by atoms with Crippen LogP contribution in [0.5, 0.6) is 0 Å². The van der Waals surface area contributed by atoms with E-state index in [4.69, 9.17) is 5.10 Å². The summed E-state index contributed by atoms with van der Waals surface area (Å²) in [5, 5.41) is 4.86. The Balaban J connectivity index is 1.65. The maximum absolute atomic E-state index is 14.0. The fraction of sp³-hybridized carbons (Fsp3) is 0.414. The maximum atomic E-state index is 14.0. The molecule has 2 atom stereocenters. The fourth-order valence-corrected chi connectivity index (χ4v) is 5.94. The van der Waals surface area contributed by atoms with Crippen molar-refractivity contribution in [3.63, 3.8) is 0 Å². The Hall–Kier alpha value is -3.28. The van der Waals surface area contributed by atoms with Crippen LogP contribution in [0.1, 0.15) is 68.2 Å². The Labute approximate surface area is 205 Å². The molecule has 0 spiro atoms. The SMILES string of the molecule is CCN1C(=O)[C@@H](CC(=O)C2CCCCC2)[C@@H](c2ccc(F)cc2)c2c(C)nn(-c3ccccc3)c21. The van der Waals surface area contributed by atoms with Crippen molar-refractivity contribution in [2.45, 2.75) is 58.3 Å². The van der Waals surface area contributed by atoms with Gasteiger partial charge in [0.15, 0.2) is 0 Å². The predicted octanol–water partition coefficient (Wildman–Crippen LogP) is 5.97. The van der Waals surface area contributed by atoms with Crippen LogP contribution in [0, 0.1) is 24.6 Å². The summed E-state index contributed by atoms with van der Waals surface area (Å²) >= 11 is 0. The number of benzene rings is 2. The lowest BCUT2D eigenvalue weighted by atomic mass is 9.73. The second-order valence-corrected chi connectivity index (χ2v) is 9.79. The summed E-state index contributed by atoms with van der Waals surface area (Å²) in [6.45, 7) is 4.39. The first kappa shape index (κ1) is 23.5. The van der Waals surface area contributed by atoms with Gasteiger partial charge in [-0.1, -0.05) is 49.6 Å². The third-order valence-corrected chi connectivity index (χ3v) is 7.66. The van der Waals surface area contributed by atoms with Crippen LogP contribution in [-0.2, 0) is 9.59 Å². The van der Waals surface area contributed by atoms with Crippen LogP contribution in [-0.4, -0.2) is 28.0 Å². The number of rotatable bonds is 6. The van der Waals surface area contributed by atoms with Crippen LogP contribution in [0.3, 0.4) is 0 Å². The number of amides is 1.